The van der Waals surface area contributed by atoms with E-state index in [9.17, 15) is 13.2 Å². The van der Waals surface area contributed by atoms with Crippen molar-refractivity contribution in [2.24, 2.45) is 0 Å². The summed E-state index contributed by atoms with van der Waals surface area (Å²) in [5.74, 6) is -0.140. The first-order valence-electron chi connectivity index (χ1n) is 11.3. The molecule has 1 heterocycles. The van der Waals surface area contributed by atoms with E-state index in [0.29, 0.717) is 24.3 Å². The zero-order valence-corrected chi connectivity index (χ0v) is 20.1. The van der Waals surface area contributed by atoms with Crippen LogP contribution in [0, 0.1) is 0 Å². The number of hydrogen-bond acceptors (Lipinski definition) is 4. The molecule has 4 rings (SSSR count). The molecule has 34 heavy (non-hydrogen) atoms. The molecule has 1 saturated heterocycles. The van der Waals surface area contributed by atoms with Crippen LogP contribution in [0.25, 0.3) is 6.08 Å². The molecule has 7 heteroatoms. The van der Waals surface area contributed by atoms with E-state index in [-0.39, 0.29) is 10.8 Å². The fraction of sp³-hybridized carbons (Fsp3) is 0.222. The largest absolute Gasteiger partial charge is 0.336 e. The second-order valence-electron chi connectivity index (χ2n) is 8.24. The Hall–Kier alpha value is -3.42. The van der Waals surface area contributed by atoms with Crippen LogP contribution in [0.3, 0.4) is 0 Å². The number of carbonyl (C=O) groups excluding carboxylic acids is 1. The van der Waals surface area contributed by atoms with Gasteiger partial charge in [-0.25, -0.2) is 8.42 Å². The summed E-state index contributed by atoms with van der Waals surface area (Å²) in [4.78, 5) is 17.3. The quantitative estimate of drug-likeness (QED) is 0.519. The molecule has 0 aliphatic carbocycles. The van der Waals surface area contributed by atoms with E-state index < -0.39 is 10.0 Å². The van der Waals surface area contributed by atoms with Gasteiger partial charge in [-0.3, -0.25) is 14.0 Å². The lowest BCUT2D eigenvalue weighted by molar-refractivity contribution is 0.0650. The summed E-state index contributed by atoms with van der Waals surface area (Å²) in [5, 5.41) is 0. The maximum absolute atomic E-state index is 13.1. The molecular weight excluding hydrogens is 446 g/mol. The Balaban J connectivity index is 1.38. The van der Waals surface area contributed by atoms with Gasteiger partial charge in [0.25, 0.3) is 15.9 Å². The van der Waals surface area contributed by atoms with Crippen LogP contribution in [0.1, 0.15) is 15.9 Å². The minimum absolute atomic E-state index is 0.106. The fourth-order valence-electron chi connectivity index (χ4n) is 3.94. The van der Waals surface area contributed by atoms with E-state index in [1.165, 1.54) is 29.0 Å². The van der Waals surface area contributed by atoms with Crippen LogP contribution in [-0.2, 0) is 10.0 Å². The summed E-state index contributed by atoms with van der Waals surface area (Å²) in [6, 6.07) is 25.4. The third kappa shape index (κ3) is 5.55. The second-order valence-corrected chi connectivity index (χ2v) is 10.2. The second kappa shape index (κ2) is 10.7. The highest BCUT2D eigenvalue weighted by molar-refractivity contribution is 7.92. The number of rotatable bonds is 7. The standard InChI is InChI=1S/C27H29N3O3S/c1-28(25-14-6-3-7-15-25)34(32,33)26-16-8-13-24(22-26)27(31)30-20-18-29(19-21-30)17-9-12-23-10-4-2-5-11-23/h2-16,22H,17-21H2,1H3. The number of nitrogens with zero attached hydrogens (tertiary/aromatic N) is 3. The van der Waals surface area contributed by atoms with E-state index in [1.807, 2.05) is 24.3 Å². The van der Waals surface area contributed by atoms with Crippen molar-refractivity contribution in [1.29, 1.82) is 0 Å². The van der Waals surface area contributed by atoms with E-state index in [2.05, 4.69) is 29.2 Å². The van der Waals surface area contributed by atoms with E-state index in [0.717, 1.165) is 19.6 Å². The summed E-state index contributed by atoms with van der Waals surface area (Å²) < 4.78 is 27.5. The number of carbonyl (C=O) groups is 1. The molecule has 6 nitrogen and oxygen atoms in total. The zero-order valence-electron chi connectivity index (χ0n) is 19.2. The van der Waals surface area contributed by atoms with Crippen LogP contribution in [-0.4, -0.2) is 63.9 Å². The first-order valence-corrected chi connectivity index (χ1v) is 12.8. The average Bonchev–Trinajstić information content (AvgIpc) is 2.89. The lowest BCUT2D eigenvalue weighted by atomic mass is 10.1. The highest BCUT2D eigenvalue weighted by Gasteiger charge is 2.25. The third-order valence-corrected chi connectivity index (χ3v) is 7.77. The summed E-state index contributed by atoms with van der Waals surface area (Å²) >= 11 is 0. The maximum atomic E-state index is 13.1. The molecule has 0 N–H and O–H groups in total. The van der Waals surface area contributed by atoms with Gasteiger partial charge in [-0.1, -0.05) is 66.7 Å². The molecule has 0 unspecified atom stereocenters. The Morgan fingerprint density at radius 2 is 1.53 bits per heavy atom. The molecule has 0 saturated carbocycles. The molecule has 0 radical (unpaired) electrons. The number of hydrogen-bond donors (Lipinski definition) is 0. The summed E-state index contributed by atoms with van der Waals surface area (Å²) in [5.41, 5.74) is 2.13. The first-order chi connectivity index (χ1) is 16.4. The number of piperazine rings is 1. The van der Waals surface area contributed by atoms with E-state index in [4.69, 9.17) is 0 Å². The molecule has 0 spiro atoms. The summed E-state index contributed by atoms with van der Waals surface area (Å²) in [7, 11) is -2.26. The van der Waals surface area contributed by atoms with Crippen molar-refractivity contribution < 1.29 is 13.2 Å². The molecule has 0 atom stereocenters. The van der Waals surface area contributed by atoms with Crippen LogP contribution in [0.2, 0.25) is 0 Å². The predicted octanol–water partition coefficient (Wildman–Crippen LogP) is 3.98. The van der Waals surface area contributed by atoms with Gasteiger partial charge < -0.3 is 4.90 Å². The van der Waals surface area contributed by atoms with E-state index >= 15 is 0 Å². The highest BCUT2D eigenvalue weighted by Crippen LogP contribution is 2.23. The van der Waals surface area contributed by atoms with Gasteiger partial charge in [0.2, 0.25) is 0 Å². The lowest BCUT2D eigenvalue weighted by Gasteiger charge is -2.34. The van der Waals surface area contributed by atoms with Gasteiger partial charge in [-0.05, 0) is 35.9 Å². The molecule has 0 aromatic heterocycles. The molecule has 3 aromatic carbocycles. The molecule has 176 valence electrons. The lowest BCUT2D eigenvalue weighted by Crippen LogP contribution is -2.48. The minimum Gasteiger partial charge on any atom is -0.336 e. The van der Waals surface area contributed by atoms with Crippen molar-refractivity contribution in [1.82, 2.24) is 9.80 Å². The van der Waals surface area contributed by atoms with Crippen molar-refractivity contribution in [2.45, 2.75) is 4.90 Å². The number of anilines is 1. The van der Waals surface area contributed by atoms with Gasteiger partial charge in [0.15, 0.2) is 0 Å². The molecule has 1 aliphatic rings. The summed E-state index contributed by atoms with van der Waals surface area (Å²) in [6.07, 6.45) is 4.25. The van der Waals surface area contributed by atoms with Gasteiger partial charge in [-0.2, -0.15) is 0 Å². The monoisotopic (exact) mass is 475 g/mol. The van der Waals surface area contributed by atoms with Gasteiger partial charge in [0.1, 0.15) is 0 Å². The van der Waals surface area contributed by atoms with Crippen LogP contribution < -0.4 is 4.31 Å². The predicted molar refractivity (Wildman–Crippen MR) is 136 cm³/mol. The Morgan fingerprint density at radius 3 is 2.21 bits per heavy atom. The third-order valence-electron chi connectivity index (χ3n) is 5.99. The van der Waals surface area contributed by atoms with Crippen molar-refractivity contribution in [3.05, 3.63) is 102 Å². The normalized spacial score (nSPS) is 14.9. The fourth-order valence-corrected chi connectivity index (χ4v) is 5.18. The van der Waals surface area contributed by atoms with Gasteiger partial charge in [0, 0.05) is 45.3 Å². The zero-order chi connectivity index (χ0) is 24.0. The maximum Gasteiger partial charge on any atom is 0.264 e. The number of sulfonamides is 1. The van der Waals surface area contributed by atoms with E-state index in [1.54, 1.807) is 41.3 Å². The highest BCUT2D eigenvalue weighted by atomic mass is 32.2. The topological polar surface area (TPSA) is 60.9 Å². The van der Waals surface area contributed by atoms with Crippen molar-refractivity contribution in [3.8, 4) is 0 Å². The van der Waals surface area contributed by atoms with Gasteiger partial charge in [0.05, 0.1) is 10.6 Å². The molecule has 1 aliphatic heterocycles. The van der Waals surface area contributed by atoms with Gasteiger partial charge in [-0.15, -0.1) is 0 Å². The van der Waals surface area contributed by atoms with Crippen LogP contribution in [0.4, 0.5) is 5.69 Å². The number of para-hydroxylation sites is 1. The average molecular weight is 476 g/mol. The molecule has 3 aromatic rings. The Bertz CT molecular complexity index is 1240. The molecular formula is C27H29N3O3S. The Morgan fingerprint density at radius 1 is 0.882 bits per heavy atom. The van der Waals surface area contributed by atoms with Gasteiger partial charge >= 0.3 is 0 Å². The smallest absolute Gasteiger partial charge is 0.264 e. The Labute approximate surface area is 201 Å². The number of benzene rings is 3. The van der Waals surface area contributed by atoms with Crippen LogP contribution >= 0.6 is 0 Å². The van der Waals surface area contributed by atoms with Crippen molar-refractivity contribution in [2.75, 3.05) is 44.1 Å². The van der Waals surface area contributed by atoms with Crippen molar-refractivity contribution >= 4 is 27.7 Å². The summed E-state index contributed by atoms with van der Waals surface area (Å²) in [6.45, 7) is 3.60. The number of amides is 1. The first kappa shape index (κ1) is 23.7. The Kier molecular flexibility index (Phi) is 7.45. The molecule has 1 fully saturated rings. The van der Waals surface area contributed by atoms with Crippen LogP contribution in [0.5, 0.6) is 0 Å². The SMILES string of the molecule is CN(c1ccccc1)S(=O)(=O)c1cccc(C(=O)N2CCN(CC=Cc3ccccc3)CC2)c1. The van der Waals surface area contributed by atoms with Crippen LogP contribution in [0.15, 0.2) is 95.9 Å². The molecule has 0 bridgehead atoms. The minimum atomic E-state index is -3.77. The molecule has 1 amide bonds. The van der Waals surface area contributed by atoms with Crippen molar-refractivity contribution in [3.63, 3.8) is 0 Å².